The van der Waals surface area contributed by atoms with Crippen molar-refractivity contribution in [2.45, 2.75) is 33.1 Å². The second-order valence-electron chi connectivity index (χ2n) is 4.87. The number of halogens is 1. The lowest BCUT2D eigenvalue weighted by Crippen LogP contribution is -2.11. The predicted molar refractivity (Wildman–Crippen MR) is 76.4 cm³/mol. The molecule has 102 valence electrons. The zero-order valence-corrected chi connectivity index (χ0v) is 12.6. The number of carbonyl (C=O) groups excluding carboxylic acids is 1. The zero-order valence-electron chi connectivity index (χ0n) is 11.9. The zero-order chi connectivity index (χ0) is 14.3. The lowest BCUT2D eigenvalue weighted by Gasteiger charge is -2.08. The molecule has 2 aromatic heterocycles. The van der Waals surface area contributed by atoms with Crippen molar-refractivity contribution in [2.24, 2.45) is 7.05 Å². The van der Waals surface area contributed by atoms with Crippen molar-refractivity contribution >= 4 is 17.4 Å². The summed E-state index contributed by atoms with van der Waals surface area (Å²) >= 11 is 5.90. The number of ketones is 1. The minimum absolute atomic E-state index is 0.0393. The highest BCUT2D eigenvalue weighted by Gasteiger charge is 2.21. The maximum atomic E-state index is 12.1. The number of hydrogen-bond acceptors (Lipinski definition) is 2. The molecule has 0 saturated heterocycles. The van der Waals surface area contributed by atoms with Crippen molar-refractivity contribution in [3.8, 4) is 5.69 Å². The molecule has 1 unspecified atom stereocenters. The molecule has 2 aromatic rings. The largest absolute Gasteiger partial charge is 0.315 e. The highest BCUT2D eigenvalue weighted by atomic mass is 35.5. The molecule has 0 N–H and O–H groups in total. The van der Waals surface area contributed by atoms with Crippen molar-refractivity contribution in [1.82, 2.24) is 14.3 Å². The fourth-order valence-electron chi connectivity index (χ4n) is 2.40. The van der Waals surface area contributed by atoms with Crippen LogP contribution in [0.15, 0.2) is 12.3 Å². The summed E-state index contributed by atoms with van der Waals surface area (Å²) in [6.45, 7) is 7.58. The Balaban J connectivity index is 2.60. The van der Waals surface area contributed by atoms with Gasteiger partial charge >= 0.3 is 0 Å². The van der Waals surface area contributed by atoms with Crippen molar-refractivity contribution in [1.29, 1.82) is 0 Å². The molecule has 0 aliphatic heterocycles. The minimum atomic E-state index is -0.510. The first kappa shape index (κ1) is 13.9. The lowest BCUT2D eigenvalue weighted by atomic mass is 10.1. The van der Waals surface area contributed by atoms with E-state index in [1.807, 2.05) is 40.1 Å². The second kappa shape index (κ2) is 4.85. The summed E-state index contributed by atoms with van der Waals surface area (Å²) in [6.07, 6.45) is 1.95. The van der Waals surface area contributed by atoms with Gasteiger partial charge in [0.1, 0.15) is 0 Å². The van der Waals surface area contributed by atoms with Crippen LogP contribution in [0.5, 0.6) is 0 Å². The monoisotopic (exact) mass is 279 g/mol. The first-order valence-electron chi connectivity index (χ1n) is 6.20. The maximum Gasteiger partial charge on any atom is 0.182 e. The number of Topliss-reactive ketones (excluding diaryl/α,β-unsaturated/α-hetero) is 1. The molecular weight excluding hydrogens is 262 g/mol. The van der Waals surface area contributed by atoms with Gasteiger partial charge in [-0.15, -0.1) is 11.6 Å². The van der Waals surface area contributed by atoms with Gasteiger partial charge in [-0.2, -0.15) is 5.10 Å². The summed E-state index contributed by atoms with van der Waals surface area (Å²) in [5.41, 5.74) is 4.53. The van der Waals surface area contributed by atoms with Crippen LogP contribution in [0, 0.1) is 20.8 Å². The van der Waals surface area contributed by atoms with Gasteiger partial charge in [0.2, 0.25) is 0 Å². The van der Waals surface area contributed by atoms with Crippen LogP contribution in [0.1, 0.15) is 34.4 Å². The highest BCUT2D eigenvalue weighted by Crippen LogP contribution is 2.24. The van der Waals surface area contributed by atoms with Crippen molar-refractivity contribution in [3.63, 3.8) is 0 Å². The second-order valence-corrected chi connectivity index (χ2v) is 5.53. The van der Waals surface area contributed by atoms with E-state index in [2.05, 4.69) is 9.67 Å². The molecule has 0 aromatic carbocycles. The van der Waals surface area contributed by atoms with Crippen LogP contribution in [0.25, 0.3) is 5.69 Å². The van der Waals surface area contributed by atoms with Gasteiger partial charge in [0.25, 0.3) is 0 Å². The Morgan fingerprint density at radius 3 is 2.47 bits per heavy atom. The van der Waals surface area contributed by atoms with Crippen LogP contribution in [0.3, 0.4) is 0 Å². The van der Waals surface area contributed by atoms with E-state index in [1.165, 1.54) is 0 Å². The van der Waals surface area contributed by atoms with Crippen LogP contribution in [-0.4, -0.2) is 25.5 Å². The van der Waals surface area contributed by atoms with E-state index < -0.39 is 5.38 Å². The quantitative estimate of drug-likeness (QED) is 0.640. The Morgan fingerprint density at radius 1 is 1.37 bits per heavy atom. The van der Waals surface area contributed by atoms with Gasteiger partial charge in [0.05, 0.1) is 16.8 Å². The van der Waals surface area contributed by atoms with Crippen LogP contribution in [0.4, 0.5) is 0 Å². The lowest BCUT2D eigenvalue weighted by molar-refractivity contribution is 0.0991. The number of hydrogen-bond donors (Lipinski definition) is 0. The molecule has 2 rings (SSSR count). The Hall–Kier alpha value is -1.55. The molecule has 0 amide bonds. The molecule has 0 radical (unpaired) electrons. The fraction of sp³-hybridized carbons (Fsp3) is 0.429. The van der Waals surface area contributed by atoms with Gasteiger partial charge in [-0.05, 0) is 33.8 Å². The smallest absolute Gasteiger partial charge is 0.182 e. The third-order valence-electron chi connectivity index (χ3n) is 3.29. The SMILES string of the molecule is Cc1nn(C)cc1-n1c(C)cc(C(=O)C(C)Cl)c1C. The molecule has 0 saturated carbocycles. The molecule has 0 bridgehead atoms. The summed E-state index contributed by atoms with van der Waals surface area (Å²) in [6, 6.07) is 1.89. The van der Waals surface area contributed by atoms with E-state index in [0.29, 0.717) is 5.56 Å². The number of alkyl halides is 1. The molecular formula is C14H18ClN3O. The summed E-state index contributed by atoms with van der Waals surface area (Å²) in [5.74, 6) is -0.0393. The van der Waals surface area contributed by atoms with E-state index in [-0.39, 0.29) is 5.78 Å². The number of aryl methyl sites for hydroxylation is 3. The first-order valence-corrected chi connectivity index (χ1v) is 6.64. The normalized spacial score (nSPS) is 12.7. The summed E-state index contributed by atoms with van der Waals surface area (Å²) in [5, 5.41) is 3.83. The van der Waals surface area contributed by atoms with Crippen molar-refractivity contribution in [2.75, 3.05) is 0 Å². The molecule has 4 nitrogen and oxygen atoms in total. The highest BCUT2D eigenvalue weighted by molar-refractivity contribution is 6.33. The minimum Gasteiger partial charge on any atom is -0.315 e. The molecule has 5 heteroatoms. The van der Waals surface area contributed by atoms with Gasteiger partial charge in [-0.1, -0.05) is 0 Å². The van der Waals surface area contributed by atoms with E-state index in [9.17, 15) is 4.79 Å². The molecule has 0 spiro atoms. The molecule has 0 aliphatic rings. The van der Waals surface area contributed by atoms with Crippen molar-refractivity contribution < 1.29 is 4.79 Å². The van der Waals surface area contributed by atoms with Crippen LogP contribution < -0.4 is 0 Å². The standard InChI is InChI=1S/C14H18ClN3O/c1-8-6-12(14(19)9(2)15)11(4)18(8)13-7-17(5)16-10(13)3/h6-7,9H,1-5H3. The third-order valence-corrected chi connectivity index (χ3v) is 3.48. The van der Waals surface area contributed by atoms with Gasteiger partial charge in [-0.3, -0.25) is 9.48 Å². The predicted octanol–water partition coefficient (Wildman–Crippen LogP) is 2.95. The van der Waals surface area contributed by atoms with Gasteiger partial charge < -0.3 is 4.57 Å². The van der Waals surface area contributed by atoms with Crippen LogP contribution >= 0.6 is 11.6 Å². The molecule has 0 aliphatic carbocycles. The Kier molecular flexibility index (Phi) is 3.54. The summed E-state index contributed by atoms with van der Waals surface area (Å²) in [7, 11) is 1.89. The Bertz CT molecular complexity index is 637. The molecule has 19 heavy (non-hydrogen) atoms. The van der Waals surface area contributed by atoms with Gasteiger partial charge in [0.15, 0.2) is 5.78 Å². The van der Waals surface area contributed by atoms with E-state index >= 15 is 0 Å². The van der Waals surface area contributed by atoms with Crippen LogP contribution in [0.2, 0.25) is 0 Å². The summed E-state index contributed by atoms with van der Waals surface area (Å²) in [4.78, 5) is 12.1. The van der Waals surface area contributed by atoms with E-state index in [0.717, 1.165) is 22.8 Å². The average Bonchev–Trinajstić information content (AvgIpc) is 2.78. The Morgan fingerprint density at radius 2 is 2.00 bits per heavy atom. The molecule has 0 fully saturated rings. The third kappa shape index (κ3) is 2.32. The van der Waals surface area contributed by atoms with E-state index in [1.54, 1.807) is 11.6 Å². The summed E-state index contributed by atoms with van der Waals surface area (Å²) < 4.78 is 3.82. The first-order chi connectivity index (χ1) is 8.82. The molecule has 2 heterocycles. The molecule has 1 atom stereocenters. The average molecular weight is 280 g/mol. The van der Waals surface area contributed by atoms with Gasteiger partial charge in [-0.25, -0.2) is 0 Å². The Labute approximate surface area is 118 Å². The number of aromatic nitrogens is 3. The fourth-order valence-corrected chi connectivity index (χ4v) is 2.52. The number of nitrogens with zero attached hydrogens (tertiary/aromatic N) is 3. The van der Waals surface area contributed by atoms with Crippen LogP contribution in [-0.2, 0) is 7.05 Å². The number of carbonyl (C=O) groups is 1. The maximum absolute atomic E-state index is 12.1. The number of rotatable bonds is 3. The van der Waals surface area contributed by atoms with E-state index in [4.69, 9.17) is 11.6 Å². The topological polar surface area (TPSA) is 39.8 Å². The van der Waals surface area contributed by atoms with Crippen molar-refractivity contribution in [3.05, 3.63) is 34.9 Å². The van der Waals surface area contributed by atoms with Gasteiger partial charge in [0, 0.05) is 30.2 Å².